The van der Waals surface area contributed by atoms with Gasteiger partial charge in [0.2, 0.25) is 0 Å². The van der Waals surface area contributed by atoms with E-state index in [1.165, 1.54) is 16.7 Å². The zero-order valence-corrected chi connectivity index (χ0v) is 13.4. The van der Waals surface area contributed by atoms with E-state index in [-0.39, 0.29) is 0 Å². The number of aryl methyl sites for hydroxylation is 2. The SMILES string of the molecule is CCCNC(Cc1ccccn1)Cc1c(C)cccc1C. The molecule has 0 saturated carbocycles. The maximum Gasteiger partial charge on any atom is 0.0419 e. The third kappa shape index (κ3) is 4.68. The number of pyridine rings is 1. The van der Waals surface area contributed by atoms with Crippen molar-refractivity contribution in [3.05, 3.63) is 65.0 Å². The van der Waals surface area contributed by atoms with Crippen LogP contribution in [0.25, 0.3) is 0 Å². The van der Waals surface area contributed by atoms with Crippen molar-refractivity contribution in [2.24, 2.45) is 0 Å². The fourth-order valence-electron chi connectivity index (χ4n) is 2.75. The lowest BCUT2D eigenvalue weighted by molar-refractivity contribution is 0.499. The van der Waals surface area contributed by atoms with Crippen LogP contribution in [0, 0.1) is 13.8 Å². The summed E-state index contributed by atoms with van der Waals surface area (Å²) in [7, 11) is 0. The van der Waals surface area contributed by atoms with E-state index in [2.05, 4.69) is 61.4 Å². The average Bonchev–Trinajstić information content (AvgIpc) is 2.49. The van der Waals surface area contributed by atoms with Gasteiger partial charge in [-0.2, -0.15) is 0 Å². The smallest absolute Gasteiger partial charge is 0.0419 e. The predicted molar refractivity (Wildman–Crippen MR) is 89.6 cm³/mol. The molecule has 1 N–H and O–H groups in total. The van der Waals surface area contributed by atoms with Crippen LogP contribution in [-0.4, -0.2) is 17.6 Å². The Hall–Kier alpha value is -1.67. The molecule has 112 valence electrons. The molecule has 1 aromatic carbocycles. The first kappa shape index (κ1) is 15.7. The summed E-state index contributed by atoms with van der Waals surface area (Å²) >= 11 is 0. The Kier molecular flexibility index (Phi) is 5.94. The van der Waals surface area contributed by atoms with Crippen molar-refractivity contribution in [3.63, 3.8) is 0 Å². The molecule has 0 spiro atoms. The van der Waals surface area contributed by atoms with Crippen LogP contribution in [0.4, 0.5) is 0 Å². The molecule has 0 saturated heterocycles. The van der Waals surface area contributed by atoms with Gasteiger partial charge >= 0.3 is 0 Å². The molecule has 0 amide bonds. The van der Waals surface area contributed by atoms with E-state index in [4.69, 9.17) is 0 Å². The highest BCUT2D eigenvalue weighted by atomic mass is 14.9. The standard InChI is InChI=1S/C19H26N2/c1-4-11-20-18(13-17-10-5-6-12-21-17)14-19-15(2)8-7-9-16(19)3/h5-10,12,18,20H,4,11,13-14H2,1-3H3. The minimum Gasteiger partial charge on any atom is -0.313 e. The summed E-state index contributed by atoms with van der Waals surface area (Å²) in [5.74, 6) is 0. The van der Waals surface area contributed by atoms with Crippen LogP contribution < -0.4 is 5.32 Å². The second-order valence-electron chi connectivity index (χ2n) is 5.75. The third-order valence-electron chi connectivity index (χ3n) is 3.96. The molecular formula is C19H26N2. The lowest BCUT2D eigenvalue weighted by atomic mass is 9.94. The lowest BCUT2D eigenvalue weighted by Crippen LogP contribution is -2.34. The average molecular weight is 282 g/mol. The van der Waals surface area contributed by atoms with Crippen LogP contribution in [0.5, 0.6) is 0 Å². The highest BCUT2D eigenvalue weighted by molar-refractivity contribution is 5.34. The summed E-state index contributed by atoms with van der Waals surface area (Å²) in [6, 6.07) is 13.2. The van der Waals surface area contributed by atoms with Gasteiger partial charge in [0, 0.05) is 24.4 Å². The molecule has 2 nitrogen and oxygen atoms in total. The summed E-state index contributed by atoms with van der Waals surface area (Å²) in [6.07, 6.45) is 5.08. The van der Waals surface area contributed by atoms with Gasteiger partial charge in [-0.25, -0.2) is 0 Å². The zero-order chi connectivity index (χ0) is 15.1. The maximum absolute atomic E-state index is 4.47. The van der Waals surface area contributed by atoms with E-state index >= 15 is 0 Å². The van der Waals surface area contributed by atoms with Crippen molar-refractivity contribution < 1.29 is 0 Å². The van der Waals surface area contributed by atoms with E-state index in [0.29, 0.717) is 6.04 Å². The van der Waals surface area contributed by atoms with Gasteiger partial charge < -0.3 is 5.32 Å². The van der Waals surface area contributed by atoms with Gasteiger partial charge in [-0.15, -0.1) is 0 Å². The van der Waals surface area contributed by atoms with Crippen molar-refractivity contribution in [1.29, 1.82) is 0 Å². The highest BCUT2D eigenvalue weighted by Gasteiger charge is 2.13. The van der Waals surface area contributed by atoms with Crippen LogP contribution in [0.3, 0.4) is 0 Å². The van der Waals surface area contributed by atoms with Gasteiger partial charge in [-0.05, 0) is 62.1 Å². The van der Waals surface area contributed by atoms with Gasteiger partial charge in [0.25, 0.3) is 0 Å². The van der Waals surface area contributed by atoms with E-state index in [1.807, 2.05) is 12.3 Å². The van der Waals surface area contributed by atoms with Crippen molar-refractivity contribution in [2.75, 3.05) is 6.54 Å². The molecule has 0 aliphatic rings. The van der Waals surface area contributed by atoms with Gasteiger partial charge in [-0.3, -0.25) is 4.98 Å². The first-order valence-corrected chi connectivity index (χ1v) is 7.89. The van der Waals surface area contributed by atoms with Crippen LogP contribution in [-0.2, 0) is 12.8 Å². The summed E-state index contributed by atoms with van der Waals surface area (Å²) in [6.45, 7) is 7.69. The Balaban J connectivity index is 2.12. The summed E-state index contributed by atoms with van der Waals surface area (Å²) in [4.78, 5) is 4.47. The van der Waals surface area contributed by atoms with Gasteiger partial charge in [0.1, 0.15) is 0 Å². The second kappa shape index (κ2) is 7.94. The van der Waals surface area contributed by atoms with E-state index < -0.39 is 0 Å². The quantitative estimate of drug-likeness (QED) is 0.834. The summed E-state index contributed by atoms with van der Waals surface area (Å²) in [5, 5.41) is 3.68. The Morgan fingerprint density at radius 3 is 2.38 bits per heavy atom. The molecule has 21 heavy (non-hydrogen) atoms. The Morgan fingerprint density at radius 1 is 1.00 bits per heavy atom. The summed E-state index contributed by atoms with van der Waals surface area (Å²) in [5.41, 5.74) is 5.41. The van der Waals surface area contributed by atoms with Gasteiger partial charge in [0.15, 0.2) is 0 Å². The van der Waals surface area contributed by atoms with Crippen LogP contribution in [0.2, 0.25) is 0 Å². The first-order chi connectivity index (χ1) is 10.2. The third-order valence-corrected chi connectivity index (χ3v) is 3.96. The number of nitrogens with one attached hydrogen (secondary N) is 1. The van der Waals surface area contributed by atoms with E-state index in [0.717, 1.165) is 31.5 Å². The van der Waals surface area contributed by atoms with Gasteiger partial charge in [-0.1, -0.05) is 31.2 Å². The Labute approximate surface area is 128 Å². The second-order valence-corrected chi connectivity index (χ2v) is 5.75. The number of nitrogens with zero attached hydrogens (tertiary/aromatic N) is 1. The molecule has 1 unspecified atom stereocenters. The fourth-order valence-corrected chi connectivity index (χ4v) is 2.75. The molecule has 0 aliphatic carbocycles. The van der Waals surface area contributed by atoms with Gasteiger partial charge in [0.05, 0.1) is 0 Å². The Bertz CT molecular complexity index is 528. The molecular weight excluding hydrogens is 256 g/mol. The number of rotatable bonds is 7. The minimum atomic E-state index is 0.444. The number of hydrogen-bond acceptors (Lipinski definition) is 2. The predicted octanol–water partition coefficient (Wildman–Crippen LogP) is 3.85. The molecule has 1 heterocycles. The number of hydrogen-bond donors (Lipinski definition) is 1. The topological polar surface area (TPSA) is 24.9 Å². The molecule has 1 aromatic heterocycles. The molecule has 2 heteroatoms. The van der Waals surface area contributed by atoms with Crippen LogP contribution >= 0.6 is 0 Å². The molecule has 0 aliphatic heterocycles. The summed E-state index contributed by atoms with van der Waals surface area (Å²) < 4.78 is 0. The number of aromatic nitrogens is 1. The lowest BCUT2D eigenvalue weighted by Gasteiger charge is -2.20. The molecule has 0 radical (unpaired) electrons. The molecule has 0 bridgehead atoms. The van der Waals surface area contributed by atoms with Crippen LogP contribution in [0.1, 0.15) is 35.7 Å². The highest BCUT2D eigenvalue weighted by Crippen LogP contribution is 2.17. The molecule has 1 atom stereocenters. The largest absolute Gasteiger partial charge is 0.313 e. The molecule has 0 fully saturated rings. The van der Waals surface area contributed by atoms with Crippen molar-refractivity contribution in [1.82, 2.24) is 10.3 Å². The normalized spacial score (nSPS) is 12.3. The van der Waals surface area contributed by atoms with Crippen molar-refractivity contribution in [2.45, 2.75) is 46.1 Å². The van der Waals surface area contributed by atoms with E-state index in [9.17, 15) is 0 Å². The molecule has 2 rings (SSSR count). The maximum atomic E-state index is 4.47. The van der Waals surface area contributed by atoms with Crippen LogP contribution in [0.15, 0.2) is 42.6 Å². The zero-order valence-electron chi connectivity index (χ0n) is 13.4. The van der Waals surface area contributed by atoms with Crippen molar-refractivity contribution >= 4 is 0 Å². The first-order valence-electron chi connectivity index (χ1n) is 7.89. The van der Waals surface area contributed by atoms with E-state index in [1.54, 1.807) is 0 Å². The monoisotopic (exact) mass is 282 g/mol. The minimum absolute atomic E-state index is 0.444. The Morgan fingerprint density at radius 2 is 1.76 bits per heavy atom. The fraction of sp³-hybridized carbons (Fsp3) is 0.421. The number of benzene rings is 1. The molecule has 2 aromatic rings. The van der Waals surface area contributed by atoms with Crippen molar-refractivity contribution in [3.8, 4) is 0 Å².